The molecule has 0 heterocycles. The van der Waals surface area contributed by atoms with Crippen molar-refractivity contribution < 1.29 is 8.42 Å². The quantitative estimate of drug-likeness (QED) is 0.591. The van der Waals surface area contributed by atoms with Gasteiger partial charge in [0.2, 0.25) is 0 Å². The zero-order valence-electron chi connectivity index (χ0n) is 7.17. The van der Waals surface area contributed by atoms with E-state index in [9.17, 15) is 8.42 Å². The van der Waals surface area contributed by atoms with Crippen molar-refractivity contribution >= 4 is 51.6 Å². The number of halogens is 3. The Morgan fingerprint density at radius 1 is 1.47 bits per heavy atom. The summed E-state index contributed by atoms with van der Waals surface area (Å²) in [6, 6.07) is 4.93. The summed E-state index contributed by atoms with van der Waals surface area (Å²) in [5.41, 5.74) is 0.649. The molecule has 0 atom stereocenters. The van der Waals surface area contributed by atoms with Gasteiger partial charge < -0.3 is 0 Å². The monoisotopic (exact) mass is 371 g/mol. The molecule has 0 amide bonds. The maximum absolute atomic E-state index is 11.3. The molecule has 0 unspecified atom stereocenters. The van der Waals surface area contributed by atoms with Crippen LogP contribution in [0.2, 0.25) is 0 Å². The molecule has 0 aromatic heterocycles. The second-order valence-electron chi connectivity index (χ2n) is 2.59. The van der Waals surface area contributed by atoms with Crippen LogP contribution in [0.25, 0.3) is 0 Å². The van der Waals surface area contributed by atoms with Gasteiger partial charge in [0.25, 0.3) is 9.05 Å². The van der Waals surface area contributed by atoms with Crippen LogP contribution in [0.1, 0.15) is 11.1 Å². The topological polar surface area (TPSA) is 57.9 Å². The fourth-order valence-electron chi connectivity index (χ4n) is 1.10. The van der Waals surface area contributed by atoms with E-state index >= 15 is 0 Å². The van der Waals surface area contributed by atoms with Crippen LogP contribution in [0.15, 0.2) is 21.5 Å². The average Bonchev–Trinajstić information content (AvgIpc) is 2.15. The molecule has 0 aliphatic carbocycles. The van der Waals surface area contributed by atoms with Crippen LogP contribution in [0, 0.1) is 11.3 Å². The van der Waals surface area contributed by atoms with E-state index in [0.717, 1.165) is 0 Å². The minimum atomic E-state index is -3.86. The minimum absolute atomic E-state index is 0.0555. The molecule has 1 aromatic carbocycles. The van der Waals surface area contributed by atoms with E-state index in [0.29, 0.717) is 10.0 Å². The first kappa shape index (κ1) is 13.0. The Bertz CT molecular complexity index is 536. The molecular formula is C8H4Br2ClNO2S. The van der Waals surface area contributed by atoms with E-state index in [-0.39, 0.29) is 15.8 Å². The zero-order valence-corrected chi connectivity index (χ0v) is 11.9. The van der Waals surface area contributed by atoms with Gasteiger partial charge in [-0.25, -0.2) is 8.42 Å². The van der Waals surface area contributed by atoms with Crippen LogP contribution in [0.3, 0.4) is 0 Å². The van der Waals surface area contributed by atoms with Gasteiger partial charge in [-0.05, 0) is 28.1 Å². The largest absolute Gasteiger partial charge is 0.262 e. The molecule has 7 heteroatoms. The van der Waals surface area contributed by atoms with Crippen LogP contribution in [0.4, 0.5) is 0 Å². The van der Waals surface area contributed by atoms with E-state index in [4.69, 9.17) is 15.9 Å². The Labute approximate surface area is 109 Å². The van der Waals surface area contributed by atoms with Crippen molar-refractivity contribution in [3.05, 3.63) is 27.7 Å². The second kappa shape index (κ2) is 4.83. The van der Waals surface area contributed by atoms with Crippen molar-refractivity contribution in [2.24, 2.45) is 0 Å². The van der Waals surface area contributed by atoms with Gasteiger partial charge in [-0.2, -0.15) is 5.26 Å². The highest BCUT2D eigenvalue weighted by Gasteiger charge is 2.21. The maximum atomic E-state index is 11.3. The average molecular weight is 373 g/mol. The lowest BCUT2D eigenvalue weighted by molar-refractivity contribution is 0.608. The highest BCUT2D eigenvalue weighted by atomic mass is 79.9. The molecule has 0 saturated heterocycles. The van der Waals surface area contributed by atoms with Crippen molar-refractivity contribution in [2.75, 3.05) is 0 Å². The molecule has 0 aliphatic heterocycles. The van der Waals surface area contributed by atoms with E-state index in [1.54, 1.807) is 0 Å². The summed E-state index contributed by atoms with van der Waals surface area (Å²) < 4.78 is 23.0. The molecule has 0 aliphatic rings. The lowest BCUT2D eigenvalue weighted by Crippen LogP contribution is -2.00. The molecule has 0 fully saturated rings. The Morgan fingerprint density at radius 2 is 2.07 bits per heavy atom. The van der Waals surface area contributed by atoms with Crippen molar-refractivity contribution in [3.63, 3.8) is 0 Å². The predicted octanol–water partition coefficient (Wildman–Crippen LogP) is 3.14. The molecular weight excluding hydrogens is 369 g/mol. The van der Waals surface area contributed by atoms with E-state index < -0.39 is 9.05 Å². The normalized spacial score (nSPS) is 11.1. The highest BCUT2D eigenvalue weighted by Crippen LogP contribution is 2.32. The maximum Gasteiger partial charge on any atom is 0.262 e. The number of hydrogen-bond donors (Lipinski definition) is 0. The van der Waals surface area contributed by atoms with Gasteiger partial charge in [0.15, 0.2) is 0 Å². The van der Waals surface area contributed by atoms with Gasteiger partial charge in [-0.1, -0.05) is 15.9 Å². The molecule has 1 rings (SSSR count). The van der Waals surface area contributed by atoms with Crippen LogP contribution in [-0.2, 0) is 14.4 Å². The van der Waals surface area contributed by atoms with Gasteiger partial charge in [0.1, 0.15) is 4.90 Å². The Balaban J connectivity index is 3.71. The summed E-state index contributed by atoms with van der Waals surface area (Å²) in [5.74, 6) is 0. The summed E-state index contributed by atoms with van der Waals surface area (Å²) >= 11 is 6.22. The smallest absolute Gasteiger partial charge is 0.207 e. The predicted molar refractivity (Wildman–Crippen MR) is 64.5 cm³/mol. The summed E-state index contributed by atoms with van der Waals surface area (Å²) in [7, 11) is 1.42. The van der Waals surface area contributed by atoms with E-state index in [1.807, 2.05) is 6.07 Å². The lowest BCUT2D eigenvalue weighted by atomic mass is 10.1. The number of rotatable bonds is 2. The van der Waals surface area contributed by atoms with E-state index in [1.165, 1.54) is 12.1 Å². The van der Waals surface area contributed by atoms with Crippen molar-refractivity contribution in [1.82, 2.24) is 0 Å². The molecule has 15 heavy (non-hydrogen) atoms. The third kappa shape index (κ3) is 2.72. The van der Waals surface area contributed by atoms with Crippen LogP contribution < -0.4 is 0 Å². The first-order valence-corrected chi connectivity index (χ1v) is 7.86. The lowest BCUT2D eigenvalue weighted by Gasteiger charge is -2.07. The van der Waals surface area contributed by atoms with E-state index in [2.05, 4.69) is 31.9 Å². The third-order valence-corrected chi connectivity index (χ3v) is 4.61. The van der Waals surface area contributed by atoms with Gasteiger partial charge in [-0.3, -0.25) is 0 Å². The van der Waals surface area contributed by atoms with Crippen LogP contribution >= 0.6 is 42.5 Å². The summed E-state index contributed by atoms with van der Waals surface area (Å²) in [6.07, 6.45) is 0. The third-order valence-electron chi connectivity index (χ3n) is 1.71. The van der Waals surface area contributed by atoms with Crippen LogP contribution in [0.5, 0.6) is 0 Å². The second-order valence-corrected chi connectivity index (χ2v) is 6.50. The van der Waals surface area contributed by atoms with Gasteiger partial charge in [0.05, 0.1) is 11.6 Å². The highest BCUT2D eigenvalue weighted by molar-refractivity contribution is 9.10. The molecule has 1 aromatic rings. The number of nitrogens with zero attached hydrogens (tertiary/aromatic N) is 1. The van der Waals surface area contributed by atoms with Crippen molar-refractivity contribution in [3.8, 4) is 6.07 Å². The van der Waals surface area contributed by atoms with Gasteiger partial charge >= 0.3 is 0 Å². The Hall–Kier alpha value is -0.0900. The fourth-order valence-corrected chi connectivity index (χ4v) is 4.46. The summed E-state index contributed by atoms with van der Waals surface area (Å²) in [6.45, 7) is 0. The van der Waals surface area contributed by atoms with Crippen molar-refractivity contribution in [2.45, 2.75) is 10.2 Å². The standard InChI is InChI=1S/C8H4Br2ClNO2S/c9-3-6-5(4-12)1-2-7(10)8(6)15(11,13)14/h1-2H,3H2. The molecule has 80 valence electrons. The minimum Gasteiger partial charge on any atom is -0.207 e. The Morgan fingerprint density at radius 3 is 2.47 bits per heavy atom. The van der Waals surface area contributed by atoms with Crippen molar-refractivity contribution in [1.29, 1.82) is 5.26 Å². The number of alkyl halides is 1. The molecule has 3 nitrogen and oxygen atoms in total. The number of hydrogen-bond acceptors (Lipinski definition) is 3. The number of benzene rings is 1. The fraction of sp³-hybridized carbons (Fsp3) is 0.125. The molecule has 0 spiro atoms. The number of nitriles is 1. The first-order chi connectivity index (χ1) is 6.91. The molecule has 0 radical (unpaired) electrons. The molecule has 0 saturated carbocycles. The Kier molecular flexibility index (Phi) is 4.18. The van der Waals surface area contributed by atoms with Gasteiger partial charge in [0, 0.05) is 26.0 Å². The summed E-state index contributed by atoms with van der Waals surface area (Å²) in [5, 5.41) is 9.05. The SMILES string of the molecule is N#Cc1ccc(Br)c(S(=O)(=O)Cl)c1CBr. The molecule has 0 bridgehead atoms. The summed E-state index contributed by atoms with van der Waals surface area (Å²) in [4.78, 5) is -0.0555. The first-order valence-electron chi connectivity index (χ1n) is 3.64. The van der Waals surface area contributed by atoms with Crippen LogP contribution in [-0.4, -0.2) is 8.42 Å². The zero-order chi connectivity index (χ0) is 11.6. The molecule has 0 N–H and O–H groups in total. The van der Waals surface area contributed by atoms with Gasteiger partial charge in [-0.15, -0.1) is 0 Å².